The average Bonchev–Trinajstić information content (AvgIpc) is 2.31. The predicted molar refractivity (Wildman–Crippen MR) is 63.4 cm³/mol. The van der Waals surface area contributed by atoms with Crippen LogP contribution in [-0.4, -0.2) is 37.5 Å². The second-order valence-corrected chi connectivity index (χ2v) is 4.29. The molecule has 3 nitrogen and oxygen atoms in total. The highest BCUT2D eigenvalue weighted by Gasteiger charge is 2.21. The summed E-state index contributed by atoms with van der Waals surface area (Å²) in [6.07, 6.45) is 6.38. The molecule has 0 aliphatic heterocycles. The van der Waals surface area contributed by atoms with Gasteiger partial charge in [0.2, 0.25) is 0 Å². The van der Waals surface area contributed by atoms with Gasteiger partial charge in [0, 0.05) is 26.1 Å². The van der Waals surface area contributed by atoms with Gasteiger partial charge in [0.15, 0.2) is 0 Å². The quantitative estimate of drug-likeness (QED) is 0.561. The zero-order valence-corrected chi connectivity index (χ0v) is 10.1. The molecule has 0 amide bonds. The molecular formula is C12H24N2O. The van der Waals surface area contributed by atoms with E-state index < -0.39 is 0 Å². The van der Waals surface area contributed by atoms with Crippen LogP contribution in [0.1, 0.15) is 39.0 Å². The molecule has 0 bridgehead atoms. The second-order valence-electron chi connectivity index (χ2n) is 4.29. The zero-order valence-electron chi connectivity index (χ0n) is 10.1. The second kappa shape index (κ2) is 6.83. The van der Waals surface area contributed by atoms with Crippen molar-refractivity contribution in [2.45, 2.75) is 39.0 Å². The maximum absolute atomic E-state index is 8.19. The summed E-state index contributed by atoms with van der Waals surface area (Å²) >= 11 is 0. The van der Waals surface area contributed by atoms with Crippen molar-refractivity contribution in [1.29, 1.82) is 5.41 Å². The highest BCUT2D eigenvalue weighted by atomic mass is 16.5. The lowest BCUT2D eigenvalue weighted by atomic mass is 9.88. The molecule has 0 saturated heterocycles. The molecule has 0 unspecified atom stereocenters. The van der Waals surface area contributed by atoms with Crippen molar-refractivity contribution in [3.05, 3.63) is 0 Å². The van der Waals surface area contributed by atoms with E-state index in [0.717, 1.165) is 25.5 Å². The first-order valence-electron chi connectivity index (χ1n) is 6.12. The first kappa shape index (κ1) is 12.5. The van der Waals surface area contributed by atoms with Crippen LogP contribution in [0.5, 0.6) is 0 Å². The molecule has 0 radical (unpaired) electrons. The molecule has 0 spiro atoms. The lowest BCUT2D eigenvalue weighted by Crippen LogP contribution is -2.38. The van der Waals surface area contributed by atoms with Crippen LogP contribution >= 0.6 is 0 Å². The summed E-state index contributed by atoms with van der Waals surface area (Å²) in [5.74, 6) is 1.35. The summed E-state index contributed by atoms with van der Waals surface area (Å²) in [6.45, 7) is 4.64. The standard InChI is InChI=1S/C12H24N2O/c1-3-14(9-10-15-2)12(13)11-7-5-4-6-8-11/h11,13H,3-10H2,1-2H3. The van der Waals surface area contributed by atoms with E-state index in [1.165, 1.54) is 32.1 Å². The lowest BCUT2D eigenvalue weighted by Gasteiger charge is -2.31. The van der Waals surface area contributed by atoms with E-state index in [1.807, 2.05) is 0 Å². The molecular weight excluding hydrogens is 188 g/mol. The van der Waals surface area contributed by atoms with Gasteiger partial charge in [0.25, 0.3) is 0 Å². The van der Waals surface area contributed by atoms with Crippen LogP contribution < -0.4 is 0 Å². The van der Waals surface area contributed by atoms with Crippen LogP contribution in [0.15, 0.2) is 0 Å². The summed E-state index contributed by atoms with van der Waals surface area (Å²) in [5, 5.41) is 8.19. The number of methoxy groups -OCH3 is 1. The average molecular weight is 212 g/mol. The zero-order chi connectivity index (χ0) is 11.1. The van der Waals surface area contributed by atoms with Gasteiger partial charge in [0.1, 0.15) is 0 Å². The Morgan fingerprint density at radius 2 is 2.00 bits per heavy atom. The Kier molecular flexibility index (Phi) is 5.69. The number of nitrogens with zero attached hydrogens (tertiary/aromatic N) is 1. The van der Waals surface area contributed by atoms with Crippen LogP contribution in [0.4, 0.5) is 0 Å². The van der Waals surface area contributed by atoms with Crippen LogP contribution in [0.2, 0.25) is 0 Å². The van der Waals surface area contributed by atoms with Gasteiger partial charge >= 0.3 is 0 Å². The maximum atomic E-state index is 8.19. The lowest BCUT2D eigenvalue weighted by molar-refractivity contribution is 0.174. The van der Waals surface area contributed by atoms with E-state index in [1.54, 1.807) is 7.11 Å². The van der Waals surface area contributed by atoms with Crippen molar-refractivity contribution < 1.29 is 4.74 Å². The largest absolute Gasteiger partial charge is 0.383 e. The van der Waals surface area contributed by atoms with Crippen LogP contribution in [0.3, 0.4) is 0 Å². The SMILES string of the molecule is CCN(CCOC)C(=N)C1CCCCC1. The minimum absolute atomic E-state index is 0.510. The third kappa shape index (κ3) is 3.82. The van der Waals surface area contributed by atoms with Gasteiger partial charge in [-0.05, 0) is 19.8 Å². The van der Waals surface area contributed by atoms with Crippen molar-refractivity contribution in [2.24, 2.45) is 5.92 Å². The number of nitrogens with one attached hydrogen (secondary N) is 1. The molecule has 3 heteroatoms. The summed E-state index contributed by atoms with van der Waals surface area (Å²) in [4.78, 5) is 2.15. The van der Waals surface area contributed by atoms with Gasteiger partial charge in [-0.25, -0.2) is 0 Å². The fourth-order valence-electron chi connectivity index (χ4n) is 2.28. The normalized spacial score (nSPS) is 17.7. The maximum Gasteiger partial charge on any atom is 0.0990 e. The van der Waals surface area contributed by atoms with Crippen molar-refractivity contribution in [1.82, 2.24) is 4.90 Å². The fraction of sp³-hybridized carbons (Fsp3) is 0.917. The summed E-state index contributed by atoms with van der Waals surface area (Å²) < 4.78 is 5.07. The van der Waals surface area contributed by atoms with Crippen molar-refractivity contribution in [2.75, 3.05) is 26.8 Å². The molecule has 0 aromatic carbocycles. The topological polar surface area (TPSA) is 36.3 Å². The molecule has 0 atom stereocenters. The Hall–Kier alpha value is -0.570. The Morgan fingerprint density at radius 3 is 2.53 bits per heavy atom. The Labute approximate surface area is 93.3 Å². The summed E-state index contributed by atoms with van der Waals surface area (Å²) in [7, 11) is 1.72. The monoisotopic (exact) mass is 212 g/mol. The Balaban J connectivity index is 2.40. The molecule has 1 aliphatic carbocycles. The fourth-order valence-corrected chi connectivity index (χ4v) is 2.28. The van der Waals surface area contributed by atoms with E-state index in [4.69, 9.17) is 10.1 Å². The van der Waals surface area contributed by atoms with E-state index in [9.17, 15) is 0 Å². The summed E-state index contributed by atoms with van der Waals surface area (Å²) in [5.41, 5.74) is 0. The van der Waals surface area contributed by atoms with Crippen LogP contribution in [-0.2, 0) is 4.74 Å². The molecule has 0 aromatic heterocycles. The summed E-state index contributed by atoms with van der Waals surface area (Å²) in [6, 6.07) is 0. The van der Waals surface area contributed by atoms with Crippen LogP contribution in [0.25, 0.3) is 0 Å². The molecule has 1 aliphatic rings. The van der Waals surface area contributed by atoms with E-state index in [0.29, 0.717) is 5.92 Å². The molecule has 15 heavy (non-hydrogen) atoms. The van der Waals surface area contributed by atoms with Crippen molar-refractivity contribution in [3.63, 3.8) is 0 Å². The van der Waals surface area contributed by atoms with Gasteiger partial charge in [-0.3, -0.25) is 5.41 Å². The molecule has 88 valence electrons. The third-order valence-corrected chi connectivity index (χ3v) is 3.28. The first-order valence-corrected chi connectivity index (χ1v) is 6.12. The Morgan fingerprint density at radius 1 is 1.33 bits per heavy atom. The van der Waals surface area contributed by atoms with Gasteiger partial charge in [-0.15, -0.1) is 0 Å². The molecule has 1 fully saturated rings. The third-order valence-electron chi connectivity index (χ3n) is 3.28. The van der Waals surface area contributed by atoms with Crippen LogP contribution in [0, 0.1) is 11.3 Å². The van der Waals surface area contributed by atoms with Gasteiger partial charge in [-0.2, -0.15) is 0 Å². The molecule has 1 rings (SSSR count). The molecule has 0 aromatic rings. The Bertz CT molecular complexity index is 188. The van der Waals surface area contributed by atoms with Gasteiger partial charge in [-0.1, -0.05) is 19.3 Å². The minimum Gasteiger partial charge on any atom is -0.383 e. The number of hydrogen-bond donors (Lipinski definition) is 1. The molecule has 1 saturated carbocycles. The number of amidine groups is 1. The van der Waals surface area contributed by atoms with Crippen molar-refractivity contribution >= 4 is 5.84 Å². The van der Waals surface area contributed by atoms with E-state index in [-0.39, 0.29) is 0 Å². The van der Waals surface area contributed by atoms with E-state index >= 15 is 0 Å². The smallest absolute Gasteiger partial charge is 0.0990 e. The first-order chi connectivity index (χ1) is 7.29. The molecule has 1 N–H and O–H groups in total. The van der Waals surface area contributed by atoms with Gasteiger partial charge in [0.05, 0.1) is 12.4 Å². The van der Waals surface area contributed by atoms with Crippen molar-refractivity contribution in [3.8, 4) is 0 Å². The number of rotatable bonds is 5. The number of likely N-dealkylation sites (N-methyl/N-ethyl adjacent to an activating group) is 1. The molecule has 0 heterocycles. The predicted octanol–water partition coefficient (Wildman–Crippen LogP) is 2.51. The van der Waals surface area contributed by atoms with E-state index in [2.05, 4.69) is 11.8 Å². The van der Waals surface area contributed by atoms with Gasteiger partial charge < -0.3 is 9.64 Å². The number of ether oxygens (including phenoxy) is 1. The highest BCUT2D eigenvalue weighted by molar-refractivity contribution is 5.81. The minimum atomic E-state index is 0.510. The number of hydrogen-bond acceptors (Lipinski definition) is 2. The highest BCUT2D eigenvalue weighted by Crippen LogP contribution is 2.25.